The van der Waals surface area contributed by atoms with Crippen molar-refractivity contribution in [2.75, 3.05) is 38.2 Å². The number of pyridine rings is 1. The highest BCUT2D eigenvalue weighted by atomic mass is 32.1. The molecule has 0 atom stereocenters. The summed E-state index contributed by atoms with van der Waals surface area (Å²) < 4.78 is 5.17. The van der Waals surface area contributed by atoms with Crippen LogP contribution >= 0.6 is 12.2 Å². The quantitative estimate of drug-likeness (QED) is 0.831. The highest BCUT2D eigenvalue weighted by Gasteiger charge is 2.19. The van der Waals surface area contributed by atoms with Gasteiger partial charge in [-0.1, -0.05) is 12.1 Å². The van der Waals surface area contributed by atoms with Crippen LogP contribution in [0.25, 0.3) is 0 Å². The lowest BCUT2D eigenvalue weighted by Gasteiger charge is -2.36. The van der Waals surface area contributed by atoms with Gasteiger partial charge in [-0.3, -0.25) is 0 Å². The number of rotatable bonds is 4. The monoisotopic (exact) mass is 367 g/mol. The van der Waals surface area contributed by atoms with E-state index >= 15 is 0 Å². The standard InChI is InChI=1S/C19H21N5OS/c1-25-17-5-2-15(3-6-17)13-22-19(26)24-10-8-23(9-11-24)18-7-4-16(12-20)14-21-18/h2-7,14H,8-11,13H2,1H3,(H,22,26). The van der Waals surface area contributed by atoms with Gasteiger partial charge in [0.15, 0.2) is 5.11 Å². The number of benzene rings is 1. The first-order valence-electron chi connectivity index (χ1n) is 8.46. The number of nitriles is 1. The first kappa shape index (κ1) is 18.0. The molecule has 0 spiro atoms. The van der Waals surface area contributed by atoms with Gasteiger partial charge in [-0.15, -0.1) is 0 Å². The minimum absolute atomic E-state index is 0.580. The van der Waals surface area contributed by atoms with Crippen LogP contribution in [0.4, 0.5) is 5.82 Å². The zero-order chi connectivity index (χ0) is 18.4. The molecule has 0 unspecified atom stereocenters. The molecule has 1 aliphatic heterocycles. The van der Waals surface area contributed by atoms with Gasteiger partial charge in [0, 0.05) is 38.9 Å². The fourth-order valence-corrected chi connectivity index (χ4v) is 3.07. The van der Waals surface area contributed by atoms with Crippen molar-refractivity contribution >= 4 is 23.1 Å². The Morgan fingerprint density at radius 2 is 1.92 bits per heavy atom. The van der Waals surface area contributed by atoms with Crippen molar-refractivity contribution < 1.29 is 4.74 Å². The zero-order valence-electron chi connectivity index (χ0n) is 14.7. The van der Waals surface area contributed by atoms with Crippen LogP contribution in [-0.4, -0.2) is 48.3 Å². The Labute approximate surface area is 159 Å². The molecule has 0 radical (unpaired) electrons. The lowest BCUT2D eigenvalue weighted by molar-refractivity contribution is 0.379. The maximum atomic E-state index is 8.86. The van der Waals surface area contributed by atoms with Crippen molar-refractivity contribution in [3.63, 3.8) is 0 Å². The van der Waals surface area contributed by atoms with Crippen LogP contribution in [0.2, 0.25) is 0 Å². The van der Waals surface area contributed by atoms with Crippen molar-refractivity contribution in [3.05, 3.63) is 53.7 Å². The summed E-state index contributed by atoms with van der Waals surface area (Å²) in [6.07, 6.45) is 1.61. The lowest BCUT2D eigenvalue weighted by atomic mass is 10.2. The van der Waals surface area contributed by atoms with E-state index < -0.39 is 0 Å². The van der Waals surface area contributed by atoms with Gasteiger partial charge < -0.3 is 19.9 Å². The molecular formula is C19H21N5OS. The number of hydrogen-bond acceptors (Lipinski definition) is 5. The molecule has 134 valence electrons. The molecule has 6 nitrogen and oxygen atoms in total. The summed E-state index contributed by atoms with van der Waals surface area (Å²) in [7, 11) is 1.66. The molecule has 7 heteroatoms. The maximum Gasteiger partial charge on any atom is 0.169 e. The fraction of sp³-hybridized carbons (Fsp3) is 0.316. The third kappa shape index (κ3) is 4.41. The van der Waals surface area contributed by atoms with Gasteiger partial charge in [-0.05, 0) is 42.0 Å². The van der Waals surface area contributed by atoms with Gasteiger partial charge in [-0.25, -0.2) is 4.98 Å². The first-order valence-corrected chi connectivity index (χ1v) is 8.87. The summed E-state index contributed by atoms with van der Waals surface area (Å²) in [5, 5.41) is 12.9. The molecule has 26 heavy (non-hydrogen) atoms. The topological polar surface area (TPSA) is 64.4 Å². The van der Waals surface area contributed by atoms with Crippen LogP contribution in [0, 0.1) is 11.3 Å². The van der Waals surface area contributed by atoms with E-state index in [1.165, 1.54) is 0 Å². The molecule has 0 saturated carbocycles. The largest absolute Gasteiger partial charge is 0.497 e. The van der Waals surface area contributed by atoms with Crippen LogP contribution in [0.15, 0.2) is 42.6 Å². The Bertz CT molecular complexity index is 777. The van der Waals surface area contributed by atoms with Crippen molar-refractivity contribution in [1.29, 1.82) is 5.26 Å². The Morgan fingerprint density at radius 3 is 2.50 bits per heavy atom. The average Bonchev–Trinajstić information content (AvgIpc) is 2.72. The highest BCUT2D eigenvalue weighted by molar-refractivity contribution is 7.80. The number of piperazine rings is 1. The van der Waals surface area contributed by atoms with E-state index in [0.717, 1.165) is 48.4 Å². The van der Waals surface area contributed by atoms with Crippen LogP contribution in [0.1, 0.15) is 11.1 Å². The maximum absolute atomic E-state index is 8.86. The van der Waals surface area contributed by atoms with Gasteiger partial charge in [0.25, 0.3) is 0 Å². The van der Waals surface area contributed by atoms with E-state index in [1.54, 1.807) is 19.4 Å². The van der Waals surface area contributed by atoms with E-state index in [2.05, 4.69) is 26.2 Å². The molecule has 2 heterocycles. The van der Waals surface area contributed by atoms with Crippen molar-refractivity contribution in [3.8, 4) is 11.8 Å². The number of nitrogens with zero attached hydrogens (tertiary/aromatic N) is 4. The minimum atomic E-state index is 0.580. The number of thiocarbonyl (C=S) groups is 1. The number of hydrogen-bond donors (Lipinski definition) is 1. The third-order valence-electron chi connectivity index (χ3n) is 4.37. The molecule has 0 aliphatic carbocycles. The van der Waals surface area contributed by atoms with Crippen LogP contribution < -0.4 is 15.0 Å². The van der Waals surface area contributed by atoms with E-state index in [4.69, 9.17) is 22.2 Å². The number of ether oxygens (including phenoxy) is 1. The smallest absolute Gasteiger partial charge is 0.169 e. The molecule has 1 aliphatic rings. The normalized spacial score (nSPS) is 13.8. The summed E-state index contributed by atoms with van der Waals surface area (Å²) in [5.74, 6) is 1.75. The summed E-state index contributed by atoms with van der Waals surface area (Å²) in [6, 6.07) is 13.7. The van der Waals surface area contributed by atoms with Crippen molar-refractivity contribution in [2.45, 2.75) is 6.54 Å². The Morgan fingerprint density at radius 1 is 1.19 bits per heavy atom. The Kier molecular flexibility index (Phi) is 5.87. The molecule has 1 fully saturated rings. The van der Waals surface area contributed by atoms with E-state index in [-0.39, 0.29) is 0 Å². The molecular weight excluding hydrogens is 346 g/mol. The Balaban J connectivity index is 1.47. The SMILES string of the molecule is COc1ccc(CNC(=S)N2CCN(c3ccc(C#N)cn3)CC2)cc1. The first-order chi connectivity index (χ1) is 12.7. The highest BCUT2D eigenvalue weighted by Crippen LogP contribution is 2.14. The molecule has 1 aromatic carbocycles. The van der Waals surface area contributed by atoms with Crippen molar-refractivity contribution in [2.24, 2.45) is 0 Å². The van der Waals surface area contributed by atoms with Gasteiger partial charge in [0.1, 0.15) is 17.6 Å². The molecule has 1 saturated heterocycles. The number of anilines is 1. The predicted molar refractivity (Wildman–Crippen MR) is 105 cm³/mol. The summed E-state index contributed by atoms with van der Waals surface area (Å²) >= 11 is 5.53. The van der Waals surface area contributed by atoms with Crippen molar-refractivity contribution in [1.82, 2.24) is 15.2 Å². The zero-order valence-corrected chi connectivity index (χ0v) is 15.5. The summed E-state index contributed by atoms with van der Waals surface area (Å²) in [4.78, 5) is 8.75. The molecule has 2 aromatic rings. The average molecular weight is 367 g/mol. The molecule has 0 amide bonds. The van der Waals surface area contributed by atoms with Crippen LogP contribution in [0.5, 0.6) is 5.75 Å². The van der Waals surface area contributed by atoms with Crippen LogP contribution in [-0.2, 0) is 6.54 Å². The van der Waals surface area contributed by atoms with Gasteiger partial charge in [0.05, 0.1) is 12.7 Å². The van der Waals surface area contributed by atoms with E-state index in [1.807, 2.05) is 30.3 Å². The fourth-order valence-electron chi connectivity index (χ4n) is 2.81. The second-order valence-electron chi connectivity index (χ2n) is 6.00. The predicted octanol–water partition coefficient (Wildman–Crippen LogP) is 2.16. The molecule has 1 aromatic heterocycles. The Hall–Kier alpha value is -2.85. The molecule has 3 rings (SSSR count). The lowest BCUT2D eigenvalue weighted by Crippen LogP contribution is -2.51. The minimum Gasteiger partial charge on any atom is -0.497 e. The number of nitrogens with one attached hydrogen (secondary N) is 1. The second kappa shape index (κ2) is 8.50. The van der Waals surface area contributed by atoms with Gasteiger partial charge in [-0.2, -0.15) is 5.26 Å². The van der Waals surface area contributed by atoms with Crippen LogP contribution in [0.3, 0.4) is 0 Å². The third-order valence-corrected chi connectivity index (χ3v) is 4.77. The summed E-state index contributed by atoms with van der Waals surface area (Å²) in [5.41, 5.74) is 1.74. The number of methoxy groups -OCH3 is 1. The van der Waals surface area contributed by atoms with Gasteiger partial charge >= 0.3 is 0 Å². The number of aromatic nitrogens is 1. The molecule has 0 bridgehead atoms. The summed E-state index contributed by atoms with van der Waals surface area (Å²) in [6.45, 7) is 4.08. The van der Waals surface area contributed by atoms with Gasteiger partial charge in [0.2, 0.25) is 0 Å². The van der Waals surface area contributed by atoms with E-state index in [0.29, 0.717) is 12.1 Å². The molecule has 1 N–H and O–H groups in total. The van der Waals surface area contributed by atoms with E-state index in [9.17, 15) is 0 Å². The second-order valence-corrected chi connectivity index (χ2v) is 6.38.